The average molecular weight is 421 g/mol. The number of sulfonamides is 1. The molecule has 0 bridgehead atoms. The first-order valence-corrected chi connectivity index (χ1v) is 9.54. The van der Waals surface area contributed by atoms with E-state index in [-0.39, 0.29) is 34.6 Å². The molecule has 12 nitrogen and oxygen atoms in total. The first-order valence-electron chi connectivity index (χ1n) is 8.05. The molecule has 0 fully saturated rings. The summed E-state index contributed by atoms with van der Waals surface area (Å²) in [6.07, 6.45) is 1.28. The summed E-state index contributed by atoms with van der Waals surface area (Å²) in [7, 11) is -0.931. The summed E-state index contributed by atoms with van der Waals surface area (Å²) in [5.41, 5.74) is 0.434. The Morgan fingerprint density at radius 3 is 2.66 bits per heavy atom. The number of hydrogen-bond donors (Lipinski definition) is 1. The third kappa shape index (κ3) is 4.30. The van der Waals surface area contributed by atoms with Gasteiger partial charge >= 0.3 is 5.97 Å². The molecule has 13 heteroatoms. The fourth-order valence-electron chi connectivity index (χ4n) is 2.37. The molecule has 152 valence electrons. The van der Waals surface area contributed by atoms with Crippen molar-refractivity contribution in [1.82, 2.24) is 19.4 Å². The van der Waals surface area contributed by atoms with Crippen molar-refractivity contribution in [1.29, 1.82) is 0 Å². The fourth-order valence-corrected chi connectivity index (χ4v) is 3.17. The van der Waals surface area contributed by atoms with Crippen LogP contribution in [0.2, 0.25) is 0 Å². The quantitative estimate of drug-likeness (QED) is 0.336. The zero-order valence-corrected chi connectivity index (χ0v) is 16.0. The number of hydrogen-bond acceptors (Lipinski definition) is 9. The molecule has 0 atom stereocenters. The van der Waals surface area contributed by atoms with E-state index in [0.717, 1.165) is 0 Å². The molecule has 0 aliphatic carbocycles. The summed E-state index contributed by atoms with van der Waals surface area (Å²) < 4.78 is 37.2. The highest BCUT2D eigenvalue weighted by Crippen LogP contribution is 2.20. The van der Waals surface area contributed by atoms with E-state index in [9.17, 15) is 23.3 Å². The second kappa shape index (κ2) is 7.81. The molecule has 0 unspecified atom stereocenters. The number of non-ortho nitro benzene ring substituents is 1. The van der Waals surface area contributed by atoms with Crippen LogP contribution in [-0.4, -0.2) is 41.1 Å². The van der Waals surface area contributed by atoms with Crippen LogP contribution in [0, 0.1) is 10.1 Å². The third-order valence-corrected chi connectivity index (χ3v) is 5.28. The lowest BCUT2D eigenvalue weighted by molar-refractivity contribution is -0.384. The minimum absolute atomic E-state index is 0.00369. The van der Waals surface area contributed by atoms with E-state index in [4.69, 9.17) is 9.26 Å². The van der Waals surface area contributed by atoms with E-state index in [1.165, 1.54) is 55.2 Å². The van der Waals surface area contributed by atoms with Crippen LogP contribution in [0.5, 0.6) is 0 Å². The maximum atomic E-state index is 12.2. The highest BCUT2D eigenvalue weighted by atomic mass is 32.2. The number of benzene rings is 1. The SMILES string of the molecule is CNS(=O)(=O)c1cc(C(=O)OCc2nc(-c3ccc([N+](=O)[O-])cc3)no2)n(C)c1. The molecule has 2 heterocycles. The van der Waals surface area contributed by atoms with E-state index < -0.39 is 20.9 Å². The molecule has 1 aromatic carbocycles. The summed E-state index contributed by atoms with van der Waals surface area (Å²) in [6.45, 7) is -0.335. The zero-order valence-electron chi connectivity index (χ0n) is 15.2. The van der Waals surface area contributed by atoms with Crippen LogP contribution in [0.1, 0.15) is 16.4 Å². The number of nitrogens with one attached hydrogen (secondary N) is 1. The van der Waals surface area contributed by atoms with Crippen LogP contribution in [0.25, 0.3) is 11.4 Å². The first-order chi connectivity index (χ1) is 13.7. The molecule has 1 N–H and O–H groups in total. The topological polar surface area (TPSA) is 159 Å². The Labute approximate surface area is 164 Å². The largest absolute Gasteiger partial charge is 0.451 e. The van der Waals surface area contributed by atoms with Gasteiger partial charge in [0.2, 0.25) is 15.8 Å². The van der Waals surface area contributed by atoms with Gasteiger partial charge in [-0.3, -0.25) is 10.1 Å². The Morgan fingerprint density at radius 2 is 2.03 bits per heavy atom. The van der Waals surface area contributed by atoms with E-state index in [1.807, 2.05) is 0 Å². The standard InChI is InChI=1S/C16H15N5O7S/c1-17-29(25,26)12-7-13(20(2)8-12)16(22)27-9-14-18-15(19-28-14)10-3-5-11(6-4-10)21(23)24/h3-8,17H,9H2,1-2H3. The van der Waals surface area contributed by atoms with Gasteiger partial charge in [0.1, 0.15) is 10.6 Å². The van der Waals surface area contributed by atoms with Crippen molar-refractivity contribution in [3.05, 3.63) is 58.2 Å². The minimum atomic E-state index is -3.70. The smallest absolute Gasteiger partial charge is 0.355 e. The van der Waals surface area contributed by atoms with Gasteiger partial charge in [-0.2, -0.15) is 4.98 Å². The number of nitrogens with zero attached hydrogens (tertiary/aromatic N) is 4. The van der Waals surface area contributed by atoms with Crippen LogP contribution in [0.15, 0.2) is 45.9 Å². The second-order valence-corrected chi connectivity index (χ2v) is 7.66. The number of carbonyl (C=O) groups excluding carboxylic acids is 1. The molecule has 0 spiro atoms. The number of carbonyl (C=O) groups is 1. The van der Waals surface area contributed by atoms with Crippen molar-refractivity contribution in [2.45, 2.75) is 11.5 Å². The van der Waals surface area contributed by atoms with Gasteiger partial charge in [0.15, 0.2) is 6.61 Å². The Bertz CT molecular complexity index is 1160. The van der Waals surface area contributed by atoms with Crippen molar-refractivity contribution in [3.63, 3.8) is 0 Å². The van der Waals surface area contributed by atoms with Crippen molar-refractivity contribution in [2.24, 2.45) is 7.05 Å². The monoisotopic (exact) mass is 421 g/mol. The Hall–Kier alpha value is -3.58. The number of aromatic nitrogens is 3. The van der Waals surface area contributed by atoms with Gasteiger partial charge in [0, 0.05) is 30.9 Å². The molecular weight excluding hydrogens is 406 g/mol. The van der Waals surface area contributed by atoms with Gasteiger partial charge in [0.25, 0.3) is 11.6 Å². The molecule has 2 aromatic heterocycles. The number of ether oxygens (including phenoxy) is 1. The molecule has 29 heavy (non-hydrogen) atoms. The van der Waals surface area contributed by atoms with Gasteiger partial charge in [-0.15, -0.1) is 0 Å². The maximum absolute atomic E-state index is 12.2. The number of rotatable bonds is 7. The number of nitro benzene ring substituents is 1. The van der Waals surface area contributed by atoms with Gasteiger partial charge in [-0.1, -0.05) is 5.16 Å². The predicted octanol–water partition coefficient (Wildman–Crippen LogP) is 1.25. The molecule has 0 aliphatic rings. The van der Waals surface area contributed by atoms with Crippen molar-refractivity contribution < 1.29 is 27.4 Å². The number of esters is 1. The molecule has 0 radical (unpaired) electrons. The fraction of sp³-hybridized carbons (Fsp3) is 0.188. The van der Waals surface area contributed by atoms with Crippen LogP contribution < -0.4 is 4.72 Å². The first kappa shape index (κ1) is 20.2. The van der Waals surface area contributed by atoms with Gasteiger partial charge in [0.05, 0.1) is 4.92 Å². The number of aryl methyl sites for hydroxylation is 1. The highest BCUT2D eigenvalue weighted by Gasteiger charge is 2.21. The van der Waals surface area contributed by atoms with Gasteiger partial charge in [-0.25, -0.2) is 17.9 Å². The molecular formula is C16H15N5O7S. The third-order valence-electron chi connectivity index (χ3n) is 3.90. The Kier molecular flexibility index (Phi) is 5.43. The van der Waals surface area contributed by atoms with E-state index >= 15 is 0 Å². The lowest BCUT2D eigenvalue weighted by atomic mass is 10.2. The Morgan fingerprint density at radius 1 is 1.34 bits per heavy atom. The molecule has 0 saturated carbocycles. The molecule has 0 amide bonds. The summed E-state index contributed by atoms with van der Waals surface area (Å²) in [4.78, 5) is 26.4. The summed E-state index contributed by atoms with van der Waals surface area (Å²) in [5, 5.41) is 14.4. The molecule has 0 aliphatic heterocycles. The minimum Gasteiger partial charge on any atom is -0.451 e. The normalized spacial score (nSPS) is 11.4. The van der Waals surface area contributed by atoms with Crippen LogP contribution >= 0.6 is 0 Å². The van der Waals surface area contributed by atoms with Crippen LogP contribution in [0.3, 0.4) is 0 Å². The average Bonchev–Trinajstić information content (AvgIpc) is 3.33. The van der Waals surface area contributed by atoms with Crippen LogP contribution in [-0.2, 0) is 28.4 Å². The van der Waals surface area contributed by atoms with Gasteiger partial charge in [-0.05, 0) is 25.2 Å². The number of nitro groups is 1. The molecule has 3 aromatic rings. The Balaban J connectivity index is 1.68. The van der Waals surface area contributed by atoms with Crippen molar-refractivity contribution >= 4 is 21.7 Å². The predicted molar refractivity (Wildman–Crippen MR) is 97.2 cm³/mol. The van der Waals surface area contributed by atoms with Crippen molar-refractivity contribution in [2.75, 3.05) is 7.05 Å². The lowest BCUT2D eigenvalue weighted by Gasteiger charge is -2.02. The van der Waals surface area contributed by atoms with Crippen molar-refractivity contribution in [3.8, 4) is 11.4 Å². The van der Waals surface area contributed by atoms with E-state index in [2.05, 4.69) is 14.9 Å². The van der Waals surface area contributed by atoms with Crippen LogP contribution in [0.4, 0.5) is 5.69 Å². The van der Waals surface area contributed by atoms with E-state index in [0.29, 0.717) is 5.56 Å². The maximum Gasteiger partial charge on any atom is 0.355 e. The summed E-state index contributed by atoms with van der Waals surface area (Å²) in [6, 6.07) is 6.72. The van der Waals surface area contributed by atoms with Gasteiger partial charge < -0.3 is 13.8 Å². The zero-order chi connectivity index (χ0) is 21.2. The highest BCUT2D eigenvalue weighted by molar-refractivity contribution is 7.89. The molecule has 0 saturated heterocycles. The lowest BCUT2D eigenvalue weighted by Crippen LogP contribution is -2.17. The summed E-state index contributed by atoms with van der Waals surface area (Å²) in [5.74, 6) is -0.601. The second-order valence-electron chi connectivity index (χ2n) is 5.77. The van der Waals surface area contributed by atoms with E-state index in [1.54, 1.807) is 0 Å². The summed E-state index contributed by atoms with van der Waals surface area (Å²) >= 11 is 0. The molecule has 3 rings (SSSR count).